The van der Waals surface area contributed by atoms with Crippen LogP contribution in [0, 0.1) is 0 Å². The predicted molar refractivity (Wildman–Crippen MR) is 204 cm³/mol. The monoisotopic (exact) mass is 612 g/mol. The van der Waals surface area contributed by atoms with Crippen molar-refractivity contribution >= 4 is 49.6 Å². The average molecular weight is 613 g/mol. The van der Waals surface area contributed by atoms with E-state index in [0.717, 1.165) is 17.1 Å². The zero-order chi connectivity index (χ0) is 31.9. The van der Waals surface area contributed by atoms with Crippen molar-refractivity contribution in [2.45, 2.75) is 0 Å². The molecule has 226 valence electrons. The van der Waals surface area contributed by atoms with E-state index in [1.807, 2.05) is 0 Å². The highest BCUT2D eigenvalue weighted by molar-refractivity contribution is 6.21. The van der Waals surface area contributed by atoms with E-state index >= 15 is 0 Å². The quantitative estimate of drug-likeness (QED) is 0.181. The first-order chi connectivity index (χ1) is 23.8. The van der Waals surface area contributed by atoms with Gasteiger partial charge in [-0.15, -0.1) is 0 Å². The summed E-state index contributed by atoms with van der Waals surface area (Å²) in [4.78, 5) is 2.36. The third-order valence-corrected chi connectivity index (χ3v) is 9.37. The molecule has 0 radical (unpaired) electrons. The number of nitrogens with zero attached hydrogens (tertiary/aromatic N) is 2. The van der Waals surface area contributed by atoms with Crippen molar-refractivity contribution in [3.05, 3.63) is 194 Å². The molecule has 8 aromatic carbocycles. The molecule has 2 heteroatoms. The van der Waals surface area contributed by atoms with Gasteiger partial charge >= 0.3 is 0 Å². The molecule has 0 saturated heterocycles. The standard InChI is InChI=1S/C46H32N2/c1-4-12-33(13-5-1)35-20-25-39(26-21-35)47(40-27-22-36(23-28-40)34-14-6-2-7-15-34)41-29-30-42-37(32-41)24-31-45-46(42)43-18-10-11-19-44(43)48(45)38-16-8-3-9-17-38/h1-32H. The van der Waals surface area contributed by atoms with E-state index in [4.69, 9.17) is 0 Å². The lowest BCUT2D eigenvalue weighted by atomic mass is 10.0. The molecule has 0 aliphatic carbocycles. The number of rotatable bonds is 6. The number of aromatic nitrogens is 1. The molecule has 2 nitrogen and oxygen atoms in total. The Kier molecular flexibility index (Phi) is 6.84. The first-order valence-corrected chi connectivity index (χ1v) is 16.4. The Balaban J connectivity index is 1.20. The van der Waals surface area contributed by atoms with Gasteiger partial charge in [0.2, 0.25) is 0 Å². The summed E-state index contributed by atoms with van der Waals surface area (Å²) in [6, 6.07) is 69.8. The summed E-state index contributed by atoms with van der Waals surface area (Å²) in [5.74, 6) is 0. The van der Waals surface area contributed by atoms with Crippen molar-refractivity contribution in [2.75, 3.05) is 4.90 Å². The molecule has 0 N–H and O–H groups in total. The second kappa shape index (κ2) is 11.8. The van der Waals surface area contributed by atoms with Crippen molar-refractivity contribution in [3.8, 4) is 27.9 Å². The molecule has 48 heavy (non-hydrogen) atoms. The minimum Gasteiger partial charge on any atom is -0.310 e. The molecule has 1 heterocycles. The molecule has 0 aliphatic rings. The minimum atomic E-state index is 1.11. The molecule has 0 aliphatic heterocycles. The summed E-state index contributed by atoms with van der Waals surface area (Å²) in [5, 5.41) is 5.01. The van der Waals surface area contributed by atoms with Gasteiger partial charge in [0.05, 0.1) is 11.0 Å². The lowest BCUT2D eigenvalue weighted by molar-refractivity contribution is 1.18. The topological polar surface area (TPSA) is 8.17 Å². The molecule has 9 aromatic rings. The van der Waals surface area contributed by atoms with Gasteiger partial charge in [-0.25, -0.2) is 0 Å². The molecule has 1 aromatic heterocycles. The van der Waals surface area contributed by atoms with Gasteiger partial charge in [0, 0.05) is 33.5 Å². The Hall–Kier alpha value is -6.38. The van der Waals surface area contributed by atoms with E-state index in [0.29, 0.717) is 0 Å². The van der Waals surface area contributed by atoms with E-state index in [2.05, 4.69) is 204 Å². The van der Waals surface area contributed by atoms with Crippen LogP contribution in [0.1, 0.15) is 0 Å². The largest absolute Gasteiger partial charge is 0.310 e. The Bertz CT molecular complexity index is 2430. The summed E-state index contributed by atoms with van der Waals surface area (Å²) < 4.78 is 2.38. The molecular weight excluding hydrogens is 581 g/mol. The van der Waals surface area contributed by atoms with Gasteiger partial charge in [0.1, 0.15) is 0 Å². The molecular formula is C46H32N2. The van der Waals surface area contributed by atoms with Crippen LogP contribution in [0.25, 0.3) is 60.5 Å². The molecule has 0 saturated carbocycles. The van der Waals surface area contributed by atoms with Crippen molar-refractivity contribution in [1.82, 2.24) is 4.57 Å². The molecule has 9 rings (SSSR count). The van der Waals surface area contributed by atoms with Crippen molar-refractivity contribution < 1.29 is 0 Å². The number of hydrogen-bond donors (Lipinski definition) is 0. The average Bonchev–Trinajstić information content (AvgIpc) is 3.51. The summed E-state index contributed by atoms with van der Waals surface area (Å²) >= 11 is 0. The minimum absolute atomic E-state index is 1.11. The maximum absolute atomic E-state index is 2.38. The van der Waals surface area contributed by atoms with Gasteiger partial charge in [0.15, 0.2) is 0 Å². The molecule has 0 spiro atoms. The SMILES string of the molecule is c1ccc(-c2ccc(N(c3ccc(-c4ccccc4)cc3)c3ccc4c(ccc5c4c4ccccc4n5-c4ccccc4)c3)cc2)cc1. The lowest BCUT2D eigenvalue weighted by Gasteiger charge is -2.26. The molecule has 0 atom stereocenters. The summed E-state index contributed by atoms with van der Waals surface area (Å²) in [6.45, 7) is 0. The highest BCUT2D eigenvalue weighted by atomic mass is 15.1. The van der Waals surface area contributed by atoms with Crippen LogP contribution in [0.15, 0.2) is 194 Å². The lowest BCUT2D eigenvalue weighted by Crippen LogP contribution is -2.09. The Morgan fingerprint density at radius 3 is 1.44 bits per heavy atom. The summed E-state index contributed by atoms with van der Waals surface area (Å²) in [5.41, 5.74) is 11.8. The van der Waals surface area contributed by atoms with E-state index in [9.17, 15) is 0 Å². The van der Waals surface area contributed by atoms with Crippen LogP contribution >= 0.6 is 0 Å². The highest BCUT2D eigenvalue weighted by Gasteiger charge is 2.17. The van der Waals surface area contributed by atoms with Gasteiger partial charge in [-0.2, -0.15) is 0 Å². The van der Waals surface area contributed by atoms with Crippen LogP contribution in [0.2, 0.25) is 0 Å². The zero-order valence-electron chi connectivity index (χ0n) is 26.4. The Labute approximate surface area is 280 Å². The van der Waals surface area contributed by atoms with Gasteiger partial charge in [0.25, 0.3) is 0 Å². The van der Waals surface area contributed by atoms with Gasteiger partial charge < -0.3 is 9.47 Å². The van der Waals surface area contributed by atoms with Crippen molar-refractivity contribution in [2.24, 2.45) is 0 Å². The molecule has 0 bridgehead atoms. The van der Waals surface area contributed by atoms with Crippen LogP contribution in [-0.4, -0.2) is 4.57 Å². The number of hydrogen-bond acceptors (Lipinski definition) is 1. The fourth-order valence-corrected chi connectivity index (χ4v) is 7.09. The van der Waals surface area contributed by atoms with Crippen LogP contribution in [0.3, 0.4) is 0 Å². The number of fused-ring (bicyclic) bond motifs is 5. The van der Waals surface area contributed by atoms with E-state index in [-0.39, 0.29) is 0 Å². The zero-order valence-corrected chi connectivity index (χ0v) is 26.4. The van der Waals surface area contributed by atoms with Crippen LogP contribution in [-0.2, 0) is 0 Å². The first-order valence-electron chi connectivity index (χ1n) is 16.4. The molecule has 0 amide bonds. The van der Waals surface area contributed by atoms with E-state index in [1.165, 1.54) is 60.5 Å². The third-order valence-electron chi connectivity index (χ3n) is 9.37. The Morgan fingerprint density at radius 1 is 0.333 bits per heavy atom. The van der Waals surface area contributed by atoms with Crippen LogP contribution in [0.4, 0.5) is 17.1 Å². The highest BCUT2D eigenvalue weighted by Crippen LogP contribution is 2.41. The summed E-state index contributed by atoms with van der Waals surface area (Å²) in [6.07, 6.45) is 0. The van der Waals surface area contributed by atoms with E-state index in [1.54, 1.807) is 0 Å². The van der Waals surface area contributed by atoms with Crippen molar-refractivity contribution in [3.63, 3.8) is 0 Å². The predicted octanol–water partition coefficient (Wildman–Crippen LogP) is 12.7. The fourth-order valence-electron chi connectivity index (χ4n) is 7.09. The van der Waals surface area contributed by atoms with E-state index < -0.39 is 0 Å². The number of benzene rings is 8. The fraction of sp³-hybridized carbons (Fsp3) is 0. The first kappa shape index (κ1) is 27.9. The van der Waals surface area contributed by atoms with Gasteiger partial charge in [-0.05, 0) is 93.7 Å². The van der Waals surface area contributed by atoms with Gasteiger partial charge in [-0.1, -0.05) is 133 Å². The molecule has 0 fully saturated rings. The van der Waals surface area contributed by atoms with Crippen molar-refractivity contribution in [1.29, 1.82) is 0 Å². The maximum Gasteiger partial charge on any atom is 0.0547 e. The second-order valence-corrected chi connectivity index (χ2v) is 12.2. The number of anilines is 3. The maximum atomic E-state index is 2.38. The third kappa shape index (κ3) is 4.83. The number of para-hydroxylation sites is 2. The normalized spacial score (nSPS) is 11.3. The van der Waals surface area contributed by atoms with Gasteiger partial charge in [-0.3, -0.25) is 0 Å². The molecule has 0 unspecified atom stereocenters. The van der Waals surface area contributed by atoms with Crippen LogP contribution in [0.5, 0.6) is 0 Å². The summed E-state index contributed by atoms with van der Waals surface area (Å²) in [7, 11) is 0. The Morgan fingerprint density at radius 2 is 0.833 bits per heavy atom. The smallest absolute Gasteiger partial charge is 0.0547 e. The van der Waals surface area contributed by atoms with Crippen LogP contribution < -0.4 is 4.90 Å². The second-order valence-electron chi connectivity index (χ2n) is 12.2.